The summed E-state index contributed by atoms with van der Waals surface area (Å²) in [6, 6.07) is 40.5. The molecule has 0 fully saturated rings. The van der Waals surface area contributed by atoms with Gasteiger partial charge in [-0.05, 0) is 94.8 Å². The Labute approximate surface area is 390 Å². The molecule has 2 aliphatic rings. The van der Waals surface area contributed by atoms with E-state index in [1.165, 1.54) is 0 Å². The maximum absolute atomic E-state index is 9.07. The predicted octanol–water partition coefficient (Wildman–Crippen LogP) is 16.2. The van der Waals surface area contributed by atoms with E-state index in [4.69, 9.17) is 23.4 Å². The van der Waals surface area contributed by atoms with Gasteiger partial charge in [0.25, 0.3) is 0 Å². The SMILES string of the molecule is [2H]c1c([2H])c([2H])c(-c2cccc(-c3c([2H])c([2H])c([2H])c([2H])c3[2H])c2N2CN(c3cccc(Oc4ccc5c(c4)N(c4cc(C(C)(C)C)ccn4)c4ccccc4-c4cc(C)ccc4-5)c3)c3ccccc32)c([2H])c1[2H]. The number of aromatic nitrogens is 1. The Balaban J connectivity index is 1.03. The molecule has 0 bridgehead atoms. The summed E-state index contributed by atoms with van der Waals surface area (Å²) < 4.78 is 94.3. The van der Waals surface area contributed by atoms with Gasteiger partial charge in [0.1, 0.15) is 24.0 Å². The van der Waals surface area contributed by atoms with E-state index in [2.05, 4.69) is 98.2 Å². The quantitative estimate of drug-likeness (QED) is 0.160. The van der Waals surface area contributed by atoms with Crippen LogP contribution >= 0.6 is 0 Å². The summed E-state index contributed by atoms with van der Waals surface area (Å²) in [7, 11) is 0. The van der Waals surface area contributed by atoms with E-state index >= 15 is 0 Å². The highest BCUT2D eigenvalue weighted by molar-refractivity contribution is 6.03. The van der Waals surface area contributed by atoms with Gasteiger partial charge in [0.2, 0.25) is 0 Å². The number of para-hydroxylation sites is 4. The van der Waals surface area contributed by atoms with Crippen molar-refractivity contribution in [3.05, 3.63) is 217 Å². The average molecular weight is 839 g/mol. The van der Waals surface area contributed by atoms with Crippen LogP contribution < -0.4 is 19.4 Å². The van der Waals surface area contributed by atoms with Crippen LogP contribution in [-0.2, 0) is 5.41 Å². The van der Waals surface area contributed by atoms with Gasteiger partial charge in [-0.25, -0.2) is 4.98 Å². The molecule has 2 aliphatic heterocycles. The maximum atomic E-state index is 9.07. The smallest absolute Gasteiger partial charge is 0.137 e. The molecule has 9 aromatic rings. The first-order chi connectivity index (χ1) is 35.4. The van der Waals surface area contributed by atoms with E-state index < -0.39 is 60.4 Å². The van der Waals surface area contributed by atoms with Gasteiger partial charge in [-0.15, -0.1) is 0 Å². The topological polar surface area (TPSA) is 31.8 Å². The second kappa shape index (κ2) is 15.8. The van der Waals surface area contributed by atoms with Crippen molar-refractivity contribution in [1.82, 2.24) is 4.98 Å². The van der Waals surface area contributed by atoms with Crippen LogP contribution in [0.4, 0.5) is 39.9 Å². The van der Waals surface area contributed by atoms with Gasteiger partial charge in [-0.3, -0.25) is 4.90 Å². The monoisotopic (exact) mass is 838 g/mol. The highest BCUT2D eigenvalue weighted by Crippen LogP contribution is 2.53. The minimum atomic E-state index is -0.552. The second-order valence-electron chi connectivity index (χ2n) is 17.0. The first-order valence-electron chi connectivity index (χ1n) is 26.2. The molecule has 0 aliphatic carbocycles. The predicted molar refractivity (Wildman–Crippen MR) is 266 cm³/mol. The van der Waals surface area contributed by atoms with Crippen LogP contribution in [0.25, 0.3) is 44.5 Å². The number of hydrogen-bond donors (Lipinski definition) is 0. The molecule has 0 unspecified atom stereocenters. The van der Waals surface area contributed by atoms with E-state index in [0.717, 1.165) is 61.9 Å². The number of aryl methyl sites for hydroxylation is 1. The van der Waals surface area contributed by atoms with Crippen molar-refractivity contribution >= 4 is 39.9 Å². The lowest BCUT2D eigenvalue weighted by Crippen LogP contribution is -2.24. The van der Waals surface area contributed by atoms with Crippen LogP contribution in [0.2, 0.25) is 0 Å². The van der Waals surface area contributed by atoms with Crippen molar-refractivity contribution in [2.24, 2.45) is 0 Å². The molecule has 64 heavy (non-hydrogen) atoms. The molecule has 310 valence electrons. The van der Waals surface area contributed by atoms with Gasteiger partial charge < -0.3 is 14.5 Å². The highest BCUT2D eigenvalue weighted by atomic mass is 16.5. The third-order valence-corrected chi connectivity index (χ3v) is 11.9. The summed E-state index contributed by atoms with van der Waals surface area (Å²) >= 11 is 0. The molecule has 0 amide bonds. The second-order valence-corrected chi connectivity index (χ2v) is 17.0. The fourth-order valence-corrected chi connectivity index (χ4v) is 8.87. The number of ether oxygens (including phenoxy) is 1. The summed E-state index contributed by atoms with van der Waals surface area (Å²) in [4.78, 5) is 11.2. The minimum Gasteiger partial charge on any atom is -0.457 e. The van der Waals surface area contributed by atoms with Gasteiger partial charge >= 0.3 is 0 Å². The molecule has 0 radical (unpaired) electrons. The third-order valence-electron chi connectivity index (χ3n) is 11.9. The minimum absolute atomic E-state index is 0.0920. The Hall–Kier alpha value is -7.89. The van der Waals surface area contributed by atoms with Gasteiger partial charge in [-0.1, -0.05) is 160 Å². The summed E-state index contributed by atoms with van der Waals surface area (Å²) in [6.07, 6.45) is 1.87. The highest BCUT2D eigenvalue weighted by Gasteiger charge is 2.32. The standard InChI is InChI=1S/C59H48N4O/c1-40-29-31-49-51-32-30-46(38-56(51)63(53-26-12-11-23-50(53)52(49)35-40)57-36-43(33-34-60-57)59(2,3)4)64-45-22-15-21-44(37-45)61-39-62(55-28-14-13-27-54(55)61)58-47(41-17-7-5-8-18-41)24-16-25-48(58)42-19-9-6-10-20-42/h5-38H,39H2,1-4H3/i5D,6D,7D,8D,9D,10D,17D,18D,19D,20D. The Morgan fingerprint density at radius 1 is 0.516 bits per heavy atom. The molecule has 0 N–H and O–H groups in total. The number of rotatable bonds is 7. The molecule has 5 nitrogen and oxygen atoms in total. The van der Waals surface area contributed by atoms with Gasteiger partial charge in [0.15, 0.2) is 0 Å². The summed E-state index contributed by atoms with van der Waals surface area (Å²) in [6.45, 7) is 8.80. The fraction of sp³-hybridized carbons (Fsp3) is 0.102. The lowest BCUT2D eigenvalue weighted by molar-refractivity contribution is 0.483. The van der Waals surface area contributed by atoms with Gasteiger partial charge in [0.05, 0.1) is 42.1 Å². The maximum Gasteiger partial charge on any atom is 0.137 e. The van der Waals surface area contributed by atoms with E-state index in [0.29, 0.717) is 22.9 Å². The van der Waals surface area contributed by atoms with Crippen LogP contribution in [0.3, 0.4) is 0 Å². The molecule has 3 heterocycles. The van der Waals surface area contributed by atoms with Crippen LogP contribution in [0, 0.1) is 6.92 Å². The molecular formula is C59H48N4O. The number of fused-ring (bicyclic) bond motifs is 6. The zero-order chi connectivity index (χ0) is 52.1. The lowest BCUT2D eigenvalue weighted by Gasteiger charge is -2.28. The van der Waals surface area contributed by atoms with E-state index in [-0.39, 0.29) is 34.3 Å². The number of benzene rings is 8. The largest absolute Gasteiger partial charge is 0.457 e. The number of anilines is 7. The Morgan fingerprint density at radius 2 is 1.12 bits per heavy atom. The number of pyridine rings is 1. The van der Waals surface area contributed by atoms with Crippen molar-refractivity contribution in [2.75, 3.05) is 21.4 Å². The van der Waals surface area contributed by atoms with Crippen molar-refractivity contribution in [3.8, 4) is 56.0 Å². The first kappa shape index (κ1) is 29.4. The van der Waals surface area contributed by atoms with Gasteiger partial charge in [0, 0.05) is 46.3 Å². The van der Waals surface area contributed by atoms with Crippen molar-refractivity contribution < 1.29 is 18.4 Å². The Morgan fingerprint density at radius 3 is 1.84 bits per heavy atom. The van der Waals surface area contributed by atoms with Crippen molar-refractivity contribution in [2.45, 2.75) is 33.1 Å². The van der Waals surface area contributed by atoms with Crippen molar-refractivity contribution in [1.29, 1.82) is 0 Å². The summed E-state index contributed by atoms with van der Waals surface area (Å²) in [5, 5.41) is 0. The molecule has 5 heteroatoms. The van der Waals surface area contributed by atoms with E-state index in [1.807, 2.05) is 71.8 Å². The number of hydrogen-bond acceptors (Lipinski definition) is 5. The van der Waals surface area contributed by atoms with E-state index in [9.17, 15) is 0 Å². The zero-order valence-corrected chi connectivity index (χ0v) is 35.8. The Bertz CT molecular complexity index is 3650. The first-order valence-corrected chi connectivity index (χ1v) is 21.2. The van der Waals surface area contributed by atoms with Crippen LogP contribution in [-0.4, -0.2) is 11.7 Å². The molecule has 0 saturated heterocycles. The molecule has 1 aromatic heterocycles. The molecule has 0 atom stereocenters. The van der Waals surface area contributed by atoms with Crippen LogP contribution in [0.5, 0.6) is 11.5 Å². The zero-order valence-electron chi connectivity index (χ0n) is 45.8. The summed E-state index contributed by atoms with van der Waals surface area (Å²) in [5.74, 6) is 1.90. The molecule has 0 spiro atoms. The van der Waals surface area contributed by atoms with E-state index in [1.54, 1.807) is 18.2 Å². The molecule has 8 aromatic carbocycles. The average Bonchev–Trinajstić information content (AvgIpc) is 3.73. The van der Waals surface area contributed by atoms with Crippen LogP contribution in [0.1, 0.15) is 45.6 Å². The number of nitrogens with zero attached hydrogens (tertiary/aromatic N) is 4. The lowest BCUT2D eigenvalue weighted by atomic mass is 9.87. The normalized spacial score (nSPS) is 15.0. The third kappa shape index (κ3) is 6.96. The summed E-state index contributed by atoms with van der Waals surface area (Å²) in [5.41, 5.74) is 11.0. The molecular weight excluding hydrogens is 781 g/mol. The fourth-order valence-electron chi connectivity index (χ4n) is 8.87. The van der Waals surface area contributed by atoms with Crippen molar-refractivity contribution in [3.63, 3.8) is 0 Å². The van der Waals surface area contributed by atoms with Gasteiger partial charge in [-0.2, -0.15) is 0 Å². The van der Waals surface area contributed by atoms with Crippen LogP contribution in [0.15, 0.2) is 206 Å². The molecule has 11 rings (SSSR count). The Kier molecular flexibility index (Phi) is 7.25. The molecule has 0 saturated carbocycles.